The number of amides is 4. The fourth-order valence-electron chi connectivity index (χ4n) is 6.20. The molecule has 2 aliphatic rings. The third-order valence-electron chi connectivity index (χ3n) is 9.08. The van der Waals surface area contributed by atoms with Crippen LogP contribution in [0.4, 0.5) is 18.9 Å². The van der Waals surface area contributed by atoms with Gasteiger partial charge in [0.05, 0.1) is 30.5 Å². The number of carbonyl (C=O) groups excluding carboxylic acids is 4. The zero-order chi connectivity index (χ0) is 34.8. The Morgan fingerprint density at radius 3 is 2.46 bits per heavy atom. The Labute approximate surface area is 278 Å². The molecule has 1 aliphatic carbocycles. The fourth-order valence-corrected chi connectivity index (χ4v) is 6.20. The first kappa shape index (κ1) is 36.4. The first-order valence-corrected chi connectivity index (χ1v) is 16.4. The summed E-state index contributed by atoms with van der Waals surface area (Å²) in [6.45, 7) is 4.92. The lowest BCUT2D eigenvalue weighted by Crippen LogP contribution is -2.53. The van der Waals surface area contributed by atoms with Crippen molar-refractivity contribution in [3.63, 3.8) is 0 Å². The number of benzene rings is 2. The summed E-state index contributed by atoms with van der Waals surface area (Å²) in [6, 6.07) is 9.05. The molecule has 2 fully saturated rings. The van der Waals surface area contributed by atoms with Gasteiger partial charge in [-0.25, -0.2) is 4.39 Å². The van der Waals surface area contributed by atoms with Gasteiger partial charge < -0.3 is 25.6 Å². The van der Waals surface area contributed by atoms with Crippen LogP contribution in [-0.2, 0) is 29.8 Å². The van der Waals surface area contributed by atoms with Crippen LogP contribution < -0.4 is 16.0 Å². The van der Waals surface area contributed by atoms with Crippen molar-refractivity contribution in [3.05, 3.63) is 65.0 Å². The van der Waals surface area contributed by atoms with Crippen molar-refractivity contribution >= 4 is 29.3 Å². The van der Waals surface area contributed by atoms with Gasteiger partial charge in [-0.05, 0) is 48.6 Å². The van der Waals surface area contributed by atoms with Gasteiger partial charge in [-0.2, -0.15) is 14.0 Å². The molecule has 13 heteroatoms. The smallest absolute Gasteiger partial charge is 0.349 e. The van der Waals surface area contributed by atoms with Crippen molar-refractivity contribution in [1.29, 1.82) is 5.26 Å². The maximum absolute atomic E-state index is 15.4. The van der Waals surface area contributed by atoms with Crippen LogP contribution in [0.25, 0.3) is 0 Å². The van der Waals surface area contributed by atoms with Crippen LogP contribution in [0.1, 0.15) is 81.4 Å². The molecule has 0 radical (unpaired) electrons. The number of alkyl halides is 2. The molecular weight excluding hydrogens is 627 g/mol. The summed E-state index contributed by atoms with van der Waals surface area (Å²) in [7, 11) is 0. The molecule has 0 aromatic heterocycles. The number of nitrogens with one attached hydrogen (secondary N) is 3. The van der Waals surface area contributed by atoms with Gasteiger partial charge in [0.2, 0.25) is 17.7 Å². The standard InChI is InChI=1S/C35H42F3N5O5/c1-3-30(44)42-32(33(46)43-14-16-48-17-15-43)22(2)24-12-13-29(27(36)19-24)40-31(45)20-25-9-5-4-6-11-28(25)41-34(47)35(37,38)26-10-7-8-23(18-26)21-39/h7-8,10,12-13,18-19,22,25,28,32H,3-6,9,11,14-17,20H2,1-2H3,(H,40,45)(H,41,47)(H,42,44)/t22-,25?,28?,32+/m0/s1. The van der Waals surface area contributed by atoms with Gasteiger partial charge in [0.1, 0.15) is 11.9 Å². The lowest BCUT2D eigenvalue weighted by molar-refractivity contribution is -0.148. The van der Waals surface area contributed by atoms with Gasteiger partial charge >= 0.3 is 5.92 Å². The van der Waals surface area contributed by atoms with Gasteiger partial charge in [-0.15, -0.1) is 0 Å². The Balaban J connectivity index is 1.43. The van der Waals surface area contributed by atoms with Crippen LogP contribution >= 0.6 is 0 Å². The van der Waals surface area contributed by atoms with Crippen molar-refractivity contribution in [2.45, 2.75) is 82.7 Å². The Kier molecular flexibility index (Phi) is 12.6. The lowest BCUT2D eigenvalue weighted by Gasteiger charge is -2.33. The Bertz CT molecular complexity index is 1520. The van der Waals surface area contributed by atoms with Gasteiger partial charge in [0.15, 0.2) is 0 Å². The first-order valence-electron chi connectivity index (χ1n) is 16.4. The highest BCUT2D eigenvalue weighted by molar-refractivity contribution is 5.91. The van der Waals surface area contributed by atoms with Crippen molar-refractivity contribution in [3.8, 4) is 6.07 Å². The van der Waals surface area contributed by atoms with Crippen LogP contribution in [0.2, 0.25) is 0 Å². The topological polar surface area (TPSA) is 141 Å². The normalized spacial score (nSPS) is 19.6. The van der Waals surface area contributed by atoms with E-state index in [4.69, 9.17) is 10.00 Å². The molecule has 2 aromatic rings. The zero-order valence-electron chi connectivity index (χ0n) is 27.2. The number of nitrogens with zero attached hydrogens (tertiary/aromatic N) is 2. The van der Waals surface area contributed by atoms with E-state index in [0.29, 0.717) is 51.1 Å². The van der Waals surface area contributed by atoms with Crippen LogP contribution in [0.15, 0.2) is 42.5 Å². The largest absolute Gasteiger partial charge is 0.378 e. The Morgan fingerprint density at radius 2 is 1.77 bits per heavy atom. The fraction of sp³-hybridized carbons (Fsp3) is 0.514. The number of carbonyl (C=O) groups is 4. The molecule has 0 spiro atoms. The number of rotatable bonds is 11. The highest BCUT2D eigenvalue weighted by Gasteiger charge is 2.43. The number of anilines is 1. The SMILES string of the molecule is CCC(=O)N[C@@H](C(=O)N1CCOCC1)[C@@H](C)c1ccc(NC(=O)CC2CCCCCC2NC(=O)C(F)(F)c2cccc(C#N)c2)c(F)c1. The van der Waals surface area contributed by atoms with Crippen LogP contribution in [-0.4, -0.2) is 66.9 Å². The van der Waals surface area contributed by atoms with E-state index < -0.39 is 53.0 Å². The van der Waals surface area contributed by atoms with Crippen LogP contribution in [0.5, 0.6) is 0 Å². The molecule has 258 valence electrons. The highest BCUT2D eigenvalue weighted by atomic mass is 19.3. The Morgan fingerprint density at radius 1 is 1.04 bits per heavy atom. The number of hydrogen-bond acceptors (Lipinski definition) is 6. The van der Waals surface area contributed by atoms with E-state index in [-0.39, 0.29) is 35.9 Å². The number of hydrogen-bond donors (Lipinski definition) is 3. The van der Waals surface area contributed by atoms with E-state index in [2.05, 4.69) is 16.0 Å². The quantitative estimate of drug-likeness (QED) is 0.296. The molecule has 4 amide bonds. The molecule has 4 atom stereocenters. The zero-order valence-corrected chi connectivity index (χ0v) is 27.2. The van der Waals surface area contributed by atoms with Gasteiger partial charge in [0.25, 0.3) is 5.91 Å². The minimum atomic E-state index is -3.89. The number of halogens is 3. The number of morpholine rings is 1. The summed E-state index contributed by atoms with van der Waals surface area (Å²) in [5.41, 5.74) is -0.244. The van der Waals surface area contributed by atoms with E-state index in [0.717, 1.165) is 25.0 Å². The average Bonchev–Trinajstić information content (AvgIpc) is 3.31. The van der Waals surface area contributed by atoms with Crippen LogP contribution in [0, 0.1) is 23.1 Å². The molecule has 48 heavy (non-hydrogen) atoms. The summed E-state index contributed by atoms with van der Waals surface area (Å²) >= 11 is 0. The summed E-state index contributed by atoms with van der Waals surface area (Å²) in [4.78, 5) is 53.2. The third-order valence-corrected chi connectivity index (χ3v) is 9.08. The monoisotopic (exact) mass is 669 g/mol. The molecule has 4 rings (SSSR count). The van der Waals surface area contributed by atoms with Crippen molar-refractivity contribution in [1.82, 2.24) is 15.5 Å². The summed E-state index contributed by atoms with van der Waals surface area (Å²) < 4.78 is 50.9. The molecule has 2 unspecified atom stereocenters. The first-order chi connectivity index (χ1) is 22.9. The molecule has 10 nitrogen and oxygen atoms in total. The second-order valence-electron chi connectivity index (χ2n) is 12.4. The molecule has 1 saturated heterocycles. The average molecular weight is 670 g/mol. The van der Waals surface area contributed by atoms with E-state index in [9.17, 15) is 19.2 Å². The molecule has 3 N–H and O–H groups in total. The molecule has 1 heterocycles. The molecule has 0 bridgehead atoms. The summed E-state index contributed by atoms with van der Waals surface area (Å²) in [5, 5.41) is 16.9. The highest BCUT2D eigenvalue weighted by Crippen LogP contribution is 2.32. The van der Waals surface area contributed by atoms with E-state index >= 15 is 13.2 Å². The maximum Gasteiger partial charge on any atom is 0.349 e. The molecule has 2 aromatic carbocycles. The summed E-state index contributed by atoms with van der Waals surface area (Å²) in [5.74, 6) is -8.33. The van der Waals surface area contributed by atoms with E-state index in [1.165, 1.54) is 24.3 Å². The third kappa shape index (κ3) is 9.13. The van der Waals surface area contributed by atoms with Gasteiger partial charge in [0, 0.05) is 43.5 Å². The van der Waals surface area contributed by atoms with Crippen LogP contribution in [0.3, 0.4) is 0 Å². The predicted octanol–water partition coefficient (Wildman–Crippen LogP) is 4.74. The van der Waals surface area contributed by atoms with Crippen molar-refractivity contribution < 1.29 is 37.1 Å². The van der Waals surface area contributed by atoms with Crippen molar-refractivity contribution in [2.24, 2.45) is 5.92 Å². The minimum absolute atomic E-state index is 0.00303. The molecule has 1 aliphatic heterocycles. The lowest BCUT2D eigenvalue weighted by atomic mass is 9.90. The number of nitriles is 1. The second-order valence-corrected chi connectivity index (χ2v) is 12.4. The second kappa shape index (κ2) is 16.6. The molecule has 1 saturated carbocycles. The van der Waals surface area contributed by atoms with Gasteiger partial charge in [-0.3, -0.25) is 19.2 Å². The predicted molar refractivity (Wildman–Crippen MR) is 171 cm³/mol. The number of ether oxygens (including phenoxy) is 1. The molecular formula is C35H42F3N5O5. The van der Waals surface area contributed by atoms with Gasteiger partial charge in [-0.1, -0.05) is 51.3 Å². The van der Waals surface area contributed by atoms with E-state index in [1.807, 2.05) is 0 Å². The maximum atomic E-state index is 15.4. The Hall–Kier alpha value is -4.44. The summed E-state index contributed by atoms with van der Waals surface area (Å²) in [6.07, 6.45) is 3.19. The van der Waals surface area contributed by atoms with E-state index in [1.54, 1.807) is 30.9 Å². The van der Waals surface area contributed by atoms with Crippen molar-refractivity contribution in [2.75, 3.05) is 31.6 Å². The minimum Gasteiger partial charge on any atom is -0.378 e.